The second kappa shape index (κ2) is 59.0. The highest BCUT2D eigenvalue weighted by atomic mass is 31.2. The van der Waals surface area contributed by atoms with Crippen LogP contribution >= 0.6 is 34.4 Å². The molecular formula is C66H128O18P4. The molecule has 22 heteroatoms. The molecule has 0 aliphatic heterocycles. The maximum atomic E-state index is 12.7. The molecule has 0 aliphatic carbocycles. The van der Waals surface area contributed by atoms with E-state index in [1.54, 1.807) is 0 Å². The molecule has 0 aromatic heterocycles. The number of benzene rings is 2. The normalized spacial score (nSPS) is 12.2. The van der Waals surface area contributed by atoms with Crippen molar-refractivity contribution >= 4 is 34.4 Å². The zero-order valence-electron chi connectivity index (χ0n) is 54.9. The number of aliphatic hydroxyl groups excluding tert-OH is 6. The molecule has 0 aliphatic rings. The van der Waals surface area contributed by atoms with E-state index in [0.29, 0.717) is 24.0 Å². The Morgan fingerprint density at radius 2 is 0.511 bits per heavy atom. The summed E-state index contributed by atoms with van der Waals surface area (Å²) in [6.07, 6.45) is 47.1. The highest BCUT2D eigenvalue weighted by Crippen LogP contribution is 2.48. The Hall–Kier alpha value is -0.560. The first kappa shape index (κ1) is 89.5. The molecule has 0 amide bonds. The van der Waals surface area contributed by atoms with Gasteiger partial charge in [0.1, 0.15) is 5.60 Å². The van der Waals surface area contributed by atoms with E-state index in [2.05, 4.69) is 36.3 Å². The number of rotatable bonds is 54. The summed E-state index contributed by atoms with van der Waals surface area (Å²) in [5.41, 5.74) is -2.30. The third kappa shape index (κ3) is 40.0. The van der Waals surface area contributed by atoms with Crippen molar-refractivity contribution in [3.63, 3.8) is 0 Å². The molecule has 0 saturated heterocycles. The van der Waals surface area contributed by atoms with Crippen molar-refractivity contribution in [1.29, 1.82) is 0 Å². The van der Waals surface area contributed by atoms with Crippen molar-refractivity contribution in [2.24, 2.45) is 10.8 Å². The fourth-order valence-corrected chi connectivity index (χ4v) is 12.5. The number of hydrogen-bond donors (Lipinski definition) is 16. The van der Waals surface area contributed by atoms with Crippen LogP contribution in [-0.2, 0) is 27.1 Å². The minimum Gasteiger partial charge on any atom is -0.395 e. The Bertz CT molecular complexity index is 1680. The third-order valence-electron chi connectivity index (χ3n) is 17.2. The van der Waals surface area contributed by atoms with Crippen LogP contribution in [0.2, 0.25) is 0 Å². The average molecular weight is 1330 g/mol. The number of aryl methyl sites for hydroxylation is 2. The van der Waals surface area contributed by atoms with Gasteiger partial charge in [0.25, 0.3) is 0 Å². The van der Waals surface area contributed by atoms with Crippen LogP contribution < -0.4 is 0 Å². The summed E-state index contributed by atoms with van der Waals surface area (Å²) in [6, 6.07) is 15.7. The lowest BCUT2D eigenvalue weighted by Crippen LogP contribution is -2.55. The summed E-state index contributed by atoms with van der Waals surface area (Å²) >= 11 is 0. The van der Waals surface area contributed by atoms with Crippen LogP contribution in [0.15, 0.2) is 48.5 Å². The standard InChI is InChI=1S/C35H56O4.C31H64O4.2H4O5P2/c1-3-5-7-9-11-13-15-21-30-23-17-19-25-32(30)35(39,34(27-36,28-37)29-38)33-26-20-18-24-31(33)22-16-14-12-10-8-6-4-2;1-3-5-7-9-11-13-15-17-19-21-23-25-31(35,30(27-32,28-33)29-34)26-24-22-20-18-16-14-12-10-8-6-4-2;2*1-6(2)5-7(3)4/h17-20,23-26,36-39H,3-16,21-22,27-29H2,1-2H3;32-35H,3-29H2,1-2H3;2*1-4H. The van der Waals surface area contributed by atoms with Crippen molar-refractivity contribution < 1.29 is 88.6 Å². The van der Waals surface area contributed by atoms with Gasteiger partial charge in [0.05, 0.1) is 56.1 Å². The first-order valence-corrected chi connectivity index (χ1v) is 38.4. The Morgan fingerprint density at radius 1 is 0.295 bits per heavy atom. The molecule has 520 valence electrons. The zero-order chi connectivity index (χ0) is 66.2. The van der Waals surface area contributed by atoms with Crippen LogP contribution in [0.4, 0.5) is 0 Å². The van der Waals surface area contributed by atoms with Crippen molar-refractivity contribution in [3.05, 3.63) is 70.8 Å². The highest BCUT2D eigenvalue weighted by Gasteiger charge is 2.54. The van der Waals surface area contributed by atoms with E-state index >= 15 is 0 Å². The van der Waals surface area contributed by atoms with E-state index in [1.807, 2.05) is 48.5 Å². The van der Waals surface area contributed by atoms with E-state index in [9.17, 15) is 40.9 Å². The lowest BCUT2D eigenvalue weighted by Gasteiger charge is -2.46. The number of unbranched alkanes of at least 4 members (excludes halogenated alkanes) is 32. The van der Waals surface area contributed by atoms with E-state index in [1.165, 1.54) is 180 Å². The summed E-state index contributed by atoms with van der Waals surface area (Å²) in [7, 11) is -10.4. The van der Waals surface area contributed by atoms with Crippen molar-refractivity contribution in [3.8, 4) is 0 Å². The smallest absolute Gasteiger partial charge is 0.334 e. The fraction of sp³-hybridized carbons (Fsp3) is 0.818. The second-order valence-electron chi connectivity index (χ2n) is 24.1. The van der Waals surface area contributed by atoms with E-state index in [0.717, 1.165) is 75.3 Å². The molecule has 0 heterocycles. The molecular weight excluding hydrogens is 1200 g/mol. The summed E-state index contributed by atoms with van der Waals surface area (Å²) < 4.78 is 7.20. The highest BCUT2D eigenvalue weighted by molar-refractivity contribution is 7.53. The quantitative estimate of drug-likeness (QED) is 0.0216. The summed E-state index contributed by atoms with van der Waals surface area (Å²) in [5.74, 6) is 0. The molecule has 16 N–H and O–H groups in total. The minimum absolute atomic E-state index is 0.382. The van der Waals surface area contributed by atoms with Crippen LogP contribution in [-0.4, -0.2) is 125 Å². The van der Waals surface area contributed by atoms with Crippen LogP contribution in [0, 0.1) is 10.8 Å². The zero-order valence-corrected chi connectivity index (χ0v) is 58.5. The molecule has 0 saturated carbocycles. The van der Waals surface area contributed by atoms with Gasteiger partial charge < -0.3 is 80.0 Å². The summed E-state index contributed by atoms with van der Waals surface area (Å²) in [6.45, 7) is 6.23. The first-order valence-electron chi connectivity index (χ1n) is 33.7. The van der Waals surface area contributed by atoms with Gasteiger partial charge in [-0.15, -0.1) is 0 Å². The molecule has 2 aromatic carbocycles. The molecule has 18 nitrogen and oxygen atoms in total. The van der Waals surface area contributed by atoms with Gasteiger partial charge in [-0.3, -0.25) is 0 Å². The Morgan fingerprint density at radius 3 is 0.727 bits per heavy atom. The third-order valence-corrected chi connectivity index (χ3v) is 19.5. The topological polar surface area (TPSA) is 342 Å². The second-order valence-corrected chi connectivity index (χ2v) is 27.4. The largest absolute Gasteiger partial charge is 0.395 e. The molecule has 0 radical (unpaired) electrons. The fourth-order valence-electron chi connectivity index (χ4n) is 11.5. The maximum Gasteiger partial charge on any atom is 0.334 e. The molecule has 2 aromatic rings. The average Bonchev–Trinajstić information content (AvgIpc) is 0.934. The molecule has 88 heavy (non-hydrogen) atoms. The van der Waals surface area contributed by atoms with Gasteiger partial charge in [-0.25, -0.2) is 8.62 Å². The van der Waals surface area contributed by atoms with Gasteiger partial charge in [0.15, 0.2) is 0 Å². The predicted molar refractivity (Wildman–Crippen MR) is 361 cm³/mol. The Labute approximate surface area is 537 Å². The molecule has 0 bridgehead atoms. The maximum absolute atomic E-state index is 12.7. The van der Waals surface area contributed by atoms with Crippen molar-refractivity contribution in [2.45, 2.75) is 296 Å². The SMILES string of the molecule is CCCCCCCCCCCCCC(O)(CCCCCCCCCCCCC)C(CO)(CO)CO.CCCCCCCCCc1ccccc1C(O)(c1ccccc1CCCCCCCCC)C(CO)(CO)CO.OP(O)OP(O)O.OP(O)OP(O)O. The Balaban J connectivity index is 0. The molecule has 0 atom stereocenters. The number of aliphatic hydroxyl groups is 8. The van der Waals surface area contributed by atoms with Crippen LogP contribution in [0.25, 0.3) is 0 Å². The van der Waals surface area contributed by atoms with Crippen LogP contribution in [0.3, 0.4) is 0 Å². The van der Waals surface area contributed by atoms with E-state index in [4.69, 9.17) is 39.1 Å². The first-order chi connectivity index (χ1) is 42.3. The minimum atomic E-state index is -2.61. The monoisotopic (exact) mass is 1330 g/mol. The van der Waals surface area contributed by atoms with Gasteiger partial charge >= 0.3 is 34.4 Å². The summed E-state index contributed by atoms with van der Waals surface area (Å²) in [5, 5.41) is 85.9. The Kier molecular flexibility index (Phi) is 60.0. The van der Waals surface area contributed by atoms with Gasteiger partial charge in [-0.05, 0) is 60.8 Å². The van der Waals surface area contributed by atoms with Gasteiger partial charge in [-0.1, -0.05) is 295 Å². The van der Waals surface area contributed by atoms with Gasteiger partial charge in [0.2, 0.25) is 0 Å². The van der Waals surface area contributed by atoms with E-state index in [-0.39, 0.29) is 19.8 Å². The van der Waals surface area contributed by atoms with Crippen LogP contribution in [0.1, 0.15) is 294 Å². The summed E-state index contributed by atoms with van der Waals surface area (Å²) in [4.78, 5) is 62.5. The predicted octanol–water partition coefficient (Wildman–Crippen LogP) is 14.4. The van der Waals surface area contributed by atoms with Gasteiger partial charge in [0, 0.05) is 0 Å². The van der Waals surface area contributed by atoms with Crippen LogP contribution in [0.5, 0.6) is 0 Å². The lowest BCUT2D eigenvalue weighted by atomic mass is 9.63. The lowest BCUT2D eigenvalue weighted by molar-refractivity contribution is -0.162. The van der Waals surface area contributed by atoms with Crippen molar-refractivity contribution in [1.82, 2.24) is 0 Å². The molecule has 0 unspecified atom stereocenters. The molecule has 0 spiro atoms. The van der Waals surface area contributed by atoms with E-state index < -0.39 is 76.3 Å². The van der Waals surface area contributed by atoms with Gasteiger partial charge in [-0.2, -0.15) is 0 Å². The molecule has 2 rings (SSSR count). The number of hydrogen-bond acceptors (Lipinski definition) is 18. The van der Waals surface area contributed by atoms with Crippen molar-refractivity contribution in [2.75, 3.05) is 39.6 Å². The molecule has 0 fully saturated rings.